The molecule has 0 amide bonds. The van der Waals surface area contributed by atoms with Gasteiger partial charge >= 0.3 is 0 Å². The summed E-state index contributed by atoms with van der Waals surface area (Å²) in [4.78, 5) is 4.54. The number of ether oxygens (including phenoxy) is 1. The molecule has 0 bridgehead atoms. The number of hydrogen-bond donors (Lipinski definition) is 1. The summed E-state index contributed by atoms with van der Waals surface area (Å²) >= 11 is 0. The molecule has 0 aromatic carbocycles. The molecular formula is C15H27N3O2. The maximum Gasteiger partial charge on any atom is 0.244 e. The lowest BCUT2D eigenvalue weighted by Gasteiger charge is -2.35. The SMILES string of the molecule is COC1(c2noc([C@@H](N)C(C)(C)C)n2)CCC(C)CC1. The third kappa shape index (κ3) is 2.88. The molecule has 0 unspecified atom stereocenters. The van der Waals surface area contributed by atoms with E-state index in [9.17, 15) is 0 Å². The van der Waals surface area contributed by atoms with E-state index in [1.54, 1.807) is 7.11 Å². The Morgan fingerprint density at radius 1 is 1.35 bits per heavy atom. The Morgan fingerprint density at radius 2 is 1.95 bits per heavy atom. The molecule has 1 fully saturated rings. The fourth-order valence-electron chi connectivity index (χ4n) is 2.66. The average molecular weight is 281 g/mol. The molecule has 0 radical (unpaired) electrons. The summed E-state index contributed by atoms with van der Waals surface area (Å²) in [5, 5.41) is 4.15. The molecule has 5 heteroatoms. The van der Waals surface area contributed by atoms with Crippen molar-refractivity contribution < 1.29 is 9.26 Å². The molecule has 1 aromatic heterocycles. The molecule has 1 aliphatic carbocycles. The van der Waals surface area contributed by atoms with Gasteiger partial charge in [0.15, 0.2) is 0 Å². The van der Waals surface area contributed by atoms with E-state index in [0.29, 0.717) is 11.7 Å². The van der Waals surface area contributed by atoms with Crippen LogP contribution in [0.25, 0.3) is 0 Å². The number of hydrogen-bond acceptors (Lipinski definition) is 5. The van der Waals surface area contributed by atoms with E-state index in [4.69, 9.17) is 15.0 Å². The maximum atomic E-state index is 6.18. The monoisotopic (exact) mass is 281 g/mol. The van der Waals surface area contributed by atoms with Crippen LogP contribution >= 0.6 is 0 Å². The summed E-state index contributed by atoms with van der Waals surface area (Å²) in [6.07, 6.45) is 4.13. The normalized spacial score (nSPS) is 29.4. The molecule has 1 saturated carbocycles. The molecule has 0 aliphatic heterocycles. The highest BCUT2D eigenvalue weighted by molar-refractivity contribution is 5.06. The first-order valence-electron chi connectivity index (χ1n) is 7.43. The Bertz CT molecular complexity index is 442. The lowest BCUT2D eigenvalue weighted by atomic mass is 9.79. The van der Waals surface area contributed by atoms with Crippen molar-refractivity contribution in [3.05, 3.63) is 11.7 Å². The zero-order valence-electron chi connectivity index (χ0n) is 13.3. The molecule has 1 atom stereocenters. The van der Waals surface area contributed by atoms with Crippen molar-refractivity contribution >= 4 is 0 Å². The minimum atomic E-state index is -0.397. The van der Waals surface area contributed by atoms with Crippen LogP contribution in [0.1, 0.15) is 71.1 Å². The largest absolute Gasteiger partial charge is 0.370 e. The zero-order valence-corrected chi connectivity index (χ0v) is 13.3. The molecule has 1 aliphatic rings. The van der Waals surface area contributed by atoms with Crippen LogP contribution in [-0.2, 0) is 10.3 Å². The van der Waals surface area contributed by atoms with Gasteiger partial charge in [-0.3, -0.25) is 0 Å². The topological polar surface area (TPSA) is 74.2 Å². The number of nitrogens with zero attached hydrogens (tertiary/aromatic N) is 2. The fourth-order valence-corrected chi connectivity index (χ4v) is 2.66. The van der Waals surface area contributed by atoms with E-state index in [1.165, 1.54) is 0 Å². The van der Waals surface area contributed by atoms with E-state index < -0.39 is 5.60 Å². The highest BCUT2D eigenvalue weighted by Gasteiger charge is 2.41. The second kappa shape index (κ2) is 5.45. The number of rotatable bonds is 3. The first-order chi connectivity index (χ1) is 9.28. The van der Waals surface area contributed by atoms with Gasteiger partial charge in [-0.1, -0.05) is 32.9 Å². The quantitative estimate of drug-likeness (QED) is 0.921. The summed E-state index contributed by atoms with van der Waals surface area (Å²) in [7, 11) is 1.73. The smallest absolute Gasteiger partial charge is 0.244 e. The third-order valence-corrected chi connectivity index (χ3v) is 4.52. The molecular weight excluding hydrogens is 254 g/mol. The molecule has 0 saturated heterocycles. The Morgan fingerprint density at radius 3 is 2.45 bits per heavy atom. The Hall–Kier alpha value is -0.940. The minimum absolute atomic E-state index is 0.106. The highest BCUT2D eigenvalue weighted by Crippen LogP contribution is 2.41. The molecule has 114 valence electrons. The van der Waals surface area contributed by atoms with Crippen LogP contribution in [0.15, 0.2) is 4.52 Å². The van der Waals surface area contributed by atoms with Crippen LogP contribution in [0.5, 0.6) is 0 Å². The summed E-state index contributed by atoms with van der Waals surface area (Å²) in [6.45, 7) is 8.47. The summed E-state index contributed by atoms with van der Waals surface area (Å²) in [5.74, 6) is 1.89. The number of nitrogens with two attached hydrogens (primary N) is 1. The van der Waals surface area contributed by atoms with Crippen molar-refractivity contribution in [1.29, 1.82) is 0 Å². The first kappa shape index (κ1) is 15.4. The first-order valence-corrected chi connectivity index (χ1v) is 7.43. The van der Waals surface area contributed by atoms with E-state index in [-0.39, 0.29) is 11.5 Å². The van der Waals surface area contributed by atoms with Crippen molar-refractivity contribution in [3.63, 3.8) is 0 Å². The van der Waals surface area contributed by atoms with Gasteiger partial charge in [-0.05, 0) is 37.0 Å². The summed E-state index contributed by atoms with van der Waals surface area (Å²) in [6, 6.07) is -0.264. The van der Waals surface area contributed by atoms with Crippen LogP contribution in [0.2, 0.25) is 0 Å². The van der Waals surface area contributed by atoms with Crippen LogP contribution in [0, 0.1) is 11.3 Å². The molecule has 20 heavy (non-hydrogen) atoms. The van der Waals surface area contributed by atoms with Gasteiger partial charge in [0.25, 0.3) is 0 Å². The Kier molecular flexibility index (Phi) is 4.21. The van der Waals surface area contributed by atoms with Gasteiger partial charge in [0.1, 0.15) is 5.60 Å². The molecule has 1 aromatic rings. The van der Waals surface area contributed by atoms with Gasteiger partial charge in [0.05, 0.1) is 6.04 Å². The molecule has 2 N–H and O–H groups in total. The second-order valence-corrected chi connectivity index (χ2v) is 7.18. The lowest BCUT2D eigenvalue weighted by molar-refractivity contribution is -0.0609. The van der Waals surface area contributed by atoms with Crippen molar-refractivity contribution in [2.75, 3.05) is 7.11 Å². The number of methoxy groups -OCH3 is 1. The Balaban J connectivity index is 2.23. The van der Waals surface area contributed by atoms with Crippen molar-refractivity contribution in [3.8, 4) is 0 Å². The molecule has 0 spiro atoms. The second-order valence-electron chi connectivity index (χ2n) is 7.18. The summed E-state index contributed by atoms with van der Waals surface area (Å²) in [5.41, 5.74) is 5.68. The van der Waals surface area contributed by atoms with Crippen LogP contribution in [0.4, 0.5) is 0 Å². The van der Waals surface area contributed by atoms with Gasteiger partial charge in [-0.2, -0.15) is 4.98 Å². The van der Waals surface area contributed by atoms with Crippen LogP contribution in [-0.4, -0.2) is 17.3 Å². The molecule has 2 rings (SSSR count). The van der Waals surface area contributed by atoms with Crippen molar-refractivity contribution in [2.45, 2.75) is 65.0 Å². The van der Waals surface area contributed by atoms with Crippen molar-refractivity contribution in [1.82, 2.24) is 10.1 Å². The highest BCUT2D eigenvalue weighted by atomic mass is 16.5. The molecule has 1 heterocycles. The zero-order chi connectivity index (χ0) is 15.0. The fraction of sp³-hybridized carbons (Fsp3) is 0.867. The van der Waals surface area contributed by atoms with E-state index >= 15 is 0 Å². The predicted molar refractivity (Wildman–Crippen MR) is 77.0 cm³/mol. The standard InChI is InChI=1S/C15H27N3O2/c1-10-6-8-15(19-5,9-7-10)13-17-12(20-18-13)11(16)14(2,3)4/h10-11H,6-9,16H2,1-5H3/t10?,11-,15?/m1/s1. The van der Waals surface area contributed by atoms with Crippen LogP contribution in [0.3, 0.4) is 0 Å². The molecule has 5 nitrogen and oxygen atoms in total. The predicted octanol–water partition coefficient (Wildman–Crippen LogP) is 3.17. The Labute approximate surface area is 121 Å². The van der Waals surface area contributed by atoms with Gasteiger partial charge in [-0.25, -0.2) is 0 Å². The third-order valence-electron chi connectivity index (χ3n) is 4.52. The van der Waals surface area contributed by atoms with Crippen LogP contribution < -0.4 is 5.73 Å². The van der Waals surface area contributed by atoms with E-state index in [2.05, 4.69) is 37.8 Å². The van der Waals surface area contributed by atoms with Gasteiger partial charge < -0.3 is 15.0 Å². The van der Waals surface area contributed by atoms with E-state index in [0.717, 1.165) is 31.6 Å². The lowest BCUT2D eigenvalue weighted by Crippen LogP contribution is -2.34. The van der Waals surface area contributed by atoms with E-state index in [1.807, 2.05) is 0 Å². The van der Waals surface area contributed by atoms with Gasteiger partial charge in [0.2, 0.25) is 11.7 Å². The van der Waals surface area contributed by atoms with Crippen molar-refractivity contribution in [2.24, 2.45) is 17.1 Å². The average Bonchev–Trinajstić information content (AvgIpc) is 2.88. The van der Waals surface area contributed by atoms with Gasteiger partial charge in [-0.15, -0.1) is 0 Å². The van der Waals surface area contributed by atoms with Gasteiger partial charge in [0, 0.05) is 7.11 Å². The number of aromatic nitrogens is 2. The summed E-state index contributed by atoms with van der Waals surface area (Å²) < 4.78 is 11.2. The maximum absolute atomic E-state index is 6.18. The minimum Gasteiger partial charge on any atom is -0.370 e.